The van der Waals surface area contributed by atoms with Gasteiger partial charge in [0.15, 0.2) is 5.96 Å². The molecule has 0 amide bonds. The van der Waals surface area contributed by atoms with Gasteiger partial charge in [-0.15, -0.1) is 24.0 Å². The molecule has 9 heteroatoms. The first-order valence-corrected chi connectivity index (χ1v) is 10.3. The second-order valence-electron chi connectivity index (χ2n) is 7.09. The molecule has 2 aromatic carbocycles. The molecule has 1 aliphatic rings. The van der Waals surface area contributed by atoms with E-state index in [2.05, 4.69) is 49.5 Å². The fourth-order valence-electron chi connectivity index (χ4n) is 3.24. The van der Waals surface area contributed by atoms with Gasteiger partial charge >= 0.3 is 6.61 Å². The third-order valence-corrected chi connectivity index (χ3v) is 4.81. The van der Waals surface area contributed by atoms with Crippen LogP contribution < -0.4 is 20.3 Å². The van der Waals surface area contributed by atoms with E-state index in [-0.39, 0.29) is 36.3 Å². The summed E-state index contributed by atoms with van der Waals surface area (Å²) in [7, 11) is 0. The van der Waals surface area contributed by atoms with E-state index in [0.717, 1.165) is 18.7 Å². The molecule has 1 unspecified atom stereocenters. The maximum absolute atomic E-state index is 12.3. The minimum Gasteiger partial charge on any atom is -0.435 e. The minimum absolute atomic E-state index is 0. The summed E-state index contributed by atoms with van der Waals surface area (Å²) in [5.41, 5.74) is 2.86. The van der Waals surface area contributed by atoms with Crippen LogP contribution in [-0.2, 0) is 6.54 Å². The first-order chi connectivity index (χ1) is 15.0. The zero-order valence-corrected chi connectivity index (χ0v) is 20.2. The van der Waals surface area contributed by atoms with Crippen LogP contribution in [0, 0.1) is 0 Å². The first kappa shape index (κ1) is 25.9. The van der Waals surface area contributed by atoms with E-state index in [0.29, 0.717) is 24.6 Å². The Morgan fingerprint density at radius 2 is 1.84 bits per heavy atom. The van der Waals surface area contributed by atoms with Crippen LogP contribution in [0.2, 0.25) is 0 Å². The molecule has 3 rings (SSSR count). The van der Waals surface area contributed by atoms with E-state index in [4.69, 9.17) is 0 Å². The molecule has 174 valence electrons. The normalized spacial score (nSPS) is 14.3. The number of guanidine groups is 1. The third-order valence-electron chi connectivity index (χ3n) is 4.81. The van der Waals surface area contributed by atoms with Gasteiger partial charge < -0.3 is 25.4 Å². The number of alkyl halides is 2. The summed E-state index contributed by atoms with van der Waals surface area (Å²) in [6.45, 7) is 2.34. The lowest BCUT2D eigenvalue weighted by molar-refractivity contribution is -0.0498. The third kappa shape index (κ3) is 7.94. The fraction of sp³-hybridized carbons (Fsp3) is 0.348. The highest BCUT2D eigenvalue weighted by Gasteiger charge is 2.11. The molecule has 1 aliphatic heterocycles. The maximum Gasteiger partial charge on any atom is 0.387 e. The summed E-state index contributed by atoms with van der Waals surface area (Å²) in [5.74, 6) is 0.646. The van der Waals surface area contributed by atoms with E-state index in [9.17, 15) is 13.9 Å². The Kier molecular flexibility index (Phi) is 10.7. The molecule has 0 saturated heterocycles. The SMILES string of the molecule is CCNC(=NCc1cccc(N2CC=CC2)c1)NCC(O)c1ccc(OC(F)F)cc1.I. The van der Waals surface area contributed by atoms with E-state index >= 15 is 0 Å². The van der Waals surface area contributed by atoms with Gasteiger partial charge in [-0.1, -0.05) is 36.4 Å². The summed E-state index contributed by atoms with van der Waals surface area (Å²) in [6, 6.07) is 14.2. The monoisotopic (exact) mass is 558 g/mol. The Morgan fingerprint density at radius 3 is 2.50 bits per heavy atom. The number of hydrogen-bond donors (Lipinski definition) is 3. The summed E-state index contributed by atoms with van der Waals surface area (Å²) >= 11 is 0. The highest BCUT2D eigenvalue weighted by Crippen LogP contribution is 2.20. The Balaban J connectivity index is 0.00000363. The average Bonchev–Trinajstić information content (AvgIpc) is 3.31. The number of aliphatic hydroxyl groups is 1. The Hall–Kier alpha value is -2.40. The van der Waals surface area contributed by atoms with Crippen LogP contribution in [0.1, 0.15) is 24.2 Å². The van der Waals surface area contributed by atoms with Crippen molar-refractivity contribution in [2.75, 3.05) is 31.1 Å². The topological polar surface area (TPSA) is 69.1 Å². The molecular formula is C23H29F2IN4O2. The fourth-order valence-corrected chi connectivity index (χ4v) is 3.24. The number of hydrogen-bond acceptors (Lipinski definition) is 4. The van der Waals surface area contributed by atoms with E-state index < -0.39 is 12.7 Å². The molecular weight excluding hydrogens is 529 g/mol. The number of rotatable bonds is 9. The Morgan fingerprint density at radius 1 is 1.12 bits per heavy atom. The molecule has 0 fully saturated rings. The molecule has 3 N–H and O–H groups in total. The van der Waals surface area contributed by atoms with Crippen LogP contribution in [0.4, 0.5) is 14.5 Å². The van der Waals surface area contributed by atoms with Crippen molar-refractivity contribution in [2.45, 2.75) is 26.2 Å². The summed E-state index contributed by atoms with van der Waals surface area (Å²) in [5, 5.41) is 16.7. The van der Waals surface area contributed by atoms with Gasteiger partial charge in [-0.2, -0.15) is 8.78 Å². The molecule has 0 radical (unpaired) electrons. The predicted molar refractivity (Wildman–Crippen MR) is 134 cm³/mol. The maximum atomic E-state index is 12.3. The van der Waals surface area contributed by atoms with Gasteiger partial charge in [0.25, 0.3) is 0 Å². The zero-order chi connectivity index (χ0) is 22.1. The summed E-state index contributed by atoms with van der Waals surface area (Å²) < 4.78 is 28.8. The van der Waals surface area contributed by atoms with Crippen molar-refractivity contribution < 1.29 is 18.6 Å². The number of anilines is 1. The molecule has 0 aromatic heterocycles. The number of aliphatic imine (C=N–C) groups is 1. The number of benzene rings is 2. The van der Waals surface area contributed by atoms with Crippen molar-refractivity contribution in [2.24, 2.45) is 4.99 Å². The average molecular weight is 558 g/mol. The number of aliphatic hydroxyl groups excluding tert-OH is 1. The molecule has 1 atom stereocenters. The first-order valence-electron chi connectivity index (χ1n) is 10.3. The van der Waals surface area contributed by atoms with Gasteiger partial charge in [0.05, 0.1) is 12.6 Å². The van der Waals surface area contributed by atoms with E-state index in [1.807, 2.05) is 19.1 Å². The number of nitrogens with zero attached hydrogens (tertiary/aromatic N) is 2. The van der Waals surface area contributed by atoms with Gasteiger partial charge in [-0.25, -0.2) is 4.99 Å². The summed E-state index contributed by atoms with van der Waals surface area (Å²) in [6.07, 6.45) is 3.49. The molecule has 32 heavy (non-hydrogen) atoms. The van der Waals surface area contributed by atoms with Crippen LogP contribution >= 0.6 is 24.0 Å². The number of nitrogens with one attached hydrogen (secondary N) is 2. The molecule has 1 heterocycles. The summed E-state index contributed by atoms with van der Waals surface area (Å²) in [4.78, 5) is 6.89. The molecule has 2 aromatic rings. The predicted octanol–water partition coefficient (Wildman–Crippen LogP) is 4.07. The minimum atomic E-state index is -2.87. The number of ether oxygens (including phenoxy) is 1. The van der Waals surface area contributed by atoms with Crippen LogP contribution in [0.3, 0.4) is 0 Å². The van der Waals surface area contributed by atoms with Crippen LogP contribution in [-0.4, -0.2) is 43.9 Å². The highest BCUT2D eigenvalue weighted by molar-refractivity contribution is 14.0. The molecule has 0 saturated carbocycles. The van der Waals surface area contributed by atoms with Crippen molar-refractivity contribution in [3.05, 3.63) is 71.8 Å². The van der Waals surface area contributed by atoms with Crippen molar-refractivity contribution in [3.63, 3.8) is 0 Å². The molecule has 6 nitrogen and oxygen atoms in total. The van der Waals surface area contributed by atoms with Gasteiger partial charge in [0.2, 0.25) is 0 Å². The molecule has 0 bridgehead atoms. The smallest absolute Gasteiger partial charge is 0.387 e. The standard InChI is InChI=1S/C23H28F2N4O2.HI/c1-2-26-23(27-15-17-6-5-7-19(14-17)29-12-3-4-13-29)28-16-21(30)18-8-10-20(11-9-18)31-22(24)25;/h3-11,14,21-22,30H,2,12-13,15-16H2,1H3,(H2,26,27,28);1H. The van der Waals surface area contributed by atoms with Crippen molar-refractivity contribution in [1.29, 1.82) is 0 Å². The Labute approximate surface area is 204 Å². The lowest BCUT2D eigenvalue weighted by atomic mass is 10.1. The van der Waals surface area contributed by atoms with Crippen LogP contribution in [0.15, 0.2) is 65.7 Å². The molecule has 0 spiro atoms. The van der Waals surface area contributed by atoms with Gasteiger partial charge in [0.1, 0.15) is 5.75 Å². The van der Waals surface area contributed by atoms with Crippen molar-refractivity contribution in [3.8, 4) is 5.75 Å². The van der Waals surface area contributed by atoms with Crippen LogP contribution in [0.5, 0.6) is 5.75 Å². The second kappa shape index (κ2) is 13.2. The van der Waals surface area contributed by atoms with Crippen molar-refractivity contribution in [1.82, 2.24) is 10.6 Å². The van der Waals surface area contributed by atoms with Crippen molar-refractivity contribution >= 4 is 35.6 Å². The molecule has 0 aliphatic carbocycles. The largest absolute Gasteiger partial charge is 0.435 e. The number of halogens is 3. The van der Waals surface area contributed by atoms with E-state index in [1.54, 1.807) is 12.1 Å². The lowest BCUT2D eigenvalue weighted by Gasteiger charge is -2.18. The second-order valence-corrected chi connectivity index (χ2v) is 7.09. The van der Waals surface area contributed by atoms with Gasteiger partial charge in [0, 0.05) is 31.9 Å². The zero-order valence-electron chi connectivity index (χ0n) is 17.9. The van der Waals surface area contributed by atoms with Gasteiger partial charge in [-0.05, 0) is 42.3 Å². The van der Waals surface area contributed by atoms with Gasteiger partial charge in [-0.3, -0.25) is 0 Å². The Bertz CT molecular complexity index is 886. The highest BCUT2D eigenvalue weighted by atomic mass is 127. The lowest BCUT2D eigenvalue weighted by Crippen LogP contribution is -2.39. The van der Waals surface area contributed by atoms with E-state index in [1.165, 1.54) is 17.8 Å². The quantitative estimate of drug-likeness (QED) is 0.188. The van der Waals surface area contributed by atoms with Crippen LogP contribution in [0.25, 0.3) is 0 Å².